The van der Waals surface area contributed by atoms with Gasteiger partial charge in [-0.25, -0.2) is 5.48 Å². The van der Waals surface area contributed by atoms with Crippen molar-refractivity contribution in [1.29, 1.82) is 0 Å². The fraction of sp³-hybridized carbons (Fsp3) is 0.615. The van der Waals surface area contributed by atoms with Gasteiger partial charge >= 0.3 is 0 Å². The second kappa shape index (κ2) is 22.8. The maximum Gasteiger partial charge on any atom is 0.248 e. The van der Waals surface area contributed by atoms with E-state index in [-0.39, 0.29) is 37.2 Å². The fourth-order valence-corrected chi connectivity index (χ4v) is 3.13. The highest BCUT2D eigenvalue weighted by Gasteiger charge is 2.08. The molecule has 1 aromatic carbocycles. The Morgan fingerprint density at radius 1 is 0.795 bits per heavy atom. The number of hydroxylamine groups is 1. The van der Waals surface area contributed by atoms with Gasteiger partial charge in [0.2, 0.25) is 17.7 Å². The average molecular weight is 553 g/mol. The van der Waals surface area contributed by atoms with E-state index in [9.17, 15) is 14.4 Å². The zero-order chi connectivity index (χ0) is 28.6. The lowest BCUT2D eigenvalue weighted by atomic mass is 10.1. The molecule has 0 radical (unpaired) electrons. The lowest BCUT2D eigenvalue weighted by Crippen LogP contribution is -2.30. The number of hydrogen-bond donors (Lipinski definition) is 5. The number of hydrogen-bond acceptors (Lipinski definition) is 10. The Labute approximate surface area is 230 Å². The lowest BCUT2D eigenvalue weighted by Gasteiger charge is -2.09. The first-order valence-electron chi connectivity index (χ1n) is 13.1. The van der Waals surface area contributed by atoms with Crippen LogP contribution in [0.1, 0.15) is 38.2 Å². The van der Waals surface area contributed by atoms with Gasteiger partial charge in [0, 0.05) is 58.9 Å². The monoisotopic (exact) mass is 552 g/mol. The highest BCUT2D eigenvalue weighted by Crippen LogP contribution is 2.12. The van der Waals surface area contributed by atoms with Gasteiger partial charge in [-0.1, -0.05) is 12.1 Å². The van der Waals surface area contributed by atoms with Gasteiger partial charge in [0.1, 0.15) is 6.61 Å². The zero-order valence-electron chi connectivity index (χ0n) is 23.3. The minimum atomic E-state index is -0.223. The molecule has 0 bridgehead atoms. The molecule has 5 N–H and O–H groups in total. The van der Waals surface area contributed by atoms with E-state index in [2.05, 4.69) is 32.0 Å². The molecule has 13 heteroatoms. The van der Waals surface area contributed by atoms with Crippen molar-refractivity contribution in [3.63, 3.8) is 0 Å². The van der Waals surface area contributed by atoms with Gasteiger partial charge in [-0.2, -0.15) is 5.10 Å². The Hall–Kier alpha value is -3.10. The van der Waals surface area contributed by atoms with Crippen LogP contribution in [0.5, 0.6) is 0 Å². The molecule has 1 aromatic rings. The van der Waals surface area contributed by atoms with Crippen LogP contribution >= 0.6 is 0 Å². The van der Waals surface area contributed by atoms with Crippen molar-refractivity contribution in [3.05, 3.63) is 29.8 Å². The van der Waals surface area contributed by atoms with E-state index in [1.165, 1.54) is 0 Å². The van der Waals surface area contributed by atoms with Crippen LogP contribution < -0.4 is 26.9 Å². The van der Waals surface area contributed by atoms with E-state index in [1.807, 2.05) is 25.1 Å². The summed E-state index contributed by atoms with van der Waals surface area (Å²) < 4.78 is 16.3. The maximum absolute atomic E-state index is 12.2. The highest BCUT2D eigenvalue weighted by molar-refractivity contribution is 6.00. The van der Waals surface area contributed by atoms with Crippen LogP contribution in [0.3, 0.4) is 0 Å². The van der Waals surface area contributed by atoms with Gasteiger partial charge in [0.15, 0.2) is 0 Å². The van der Waals surface area contributed by atoms with Crippen LogP contribution in [0.25, 0.3) is 0 Å². The number of hydrazone groups is 1. The molecule has 0 aliphatic heterocycles. The number of carbonyl (C=O) groups excluding carboxylic acids is 3. The van der Waals surface area contributed by atoms with Crippen LogP contribution in [-0.2, 0) is 33.4 Å². The van der Waals surface area contributed by atoms with Crippen molar-refractivity contribution in [2.45, 2.75) is 32.6 Å². The van der Waals surface area contributed by atoms with E-state index < -0.39 is 0 Å². The summed E-state index contributed by atoms with van der Waals surface area (Å²) in [4.78, 5) is 40.2. The molecule has 39 heavy (non-hydrogen) atoms. The Morgan fingerprint density at radius 2 is 1.38 bits per heavy atom. The molecule has 0 aliphatic rings. The molecule has 0 atom stereocenters. The molecule has 0 aromatic heterocycles. The zero-order valence-corrected chi connectivity index (χ0v) is 23.3. The number of nitrogens with zero attached hydrogens (tertiary/aromatic N) is 1. The quantitative estimate of drug-likeness (QED) is 0.0742. The van der Waals surface area contributed by atoms with Crippen molar-refractivity contribution in [3.8, 4) is 0 Å². The number of nitrogens with one attached hydrogen (secondary N) is 5. The standard InChI is InChI=1S/C26H44N6O7/c1-21(32-27-2)22-7-4-8-23(19-22)31-25(34)10-9-24(33)29-11-5-13-36-15-17-38-18-16-37-14-6-12-30-26(35)20-39-28-3/h4,7-8,19,27-28H,5-6,9-18,20H2,1-3H3,(H,29,33)(H,30,35)(H,31,34)/b32-21+. The summed E-state index contributed by atoms with van der Waals surface area (Å²) in [5.41, 5.74) is 7.53. The maximum atomic E-state index is 12.2. The van der Waals surface area contributed by atoms with Gasteiger partial charge in [-0.15, -0.1) is 0 Å². The smallest absolute Gasteiger partial charge is 0.248 e. The van der Waals surface area contributed by atoms with Gasteiger partial charge in [-0.3, -0.25) is 19.2 Å². The number of carbonyl (C=O) groups is 3. The lowest BCUT2D eigenvalue weighted by molar-refractivity contribution is -0.128. The fourth-order valence-electron chi connectivity index (χ4n) is 3.13. The number of rotatable bonds is 23. The number of ether oxygens (including phenoxy) is 3. The third kappa shape index (κ3) is 18.7. The molecule has 13 nitrogen and oxygen atoms in total. The molecule has 0 fully saturated rings. The molecular formula is C26H44N6O7. The third-order valence-corrected chi connectivity index (χ3v) is 5.09. The predicted molar refractivity (Wildman–Crippen MR) is 148 cm³/mol. The number of benzene rings is 1. The minimum Gasteiger partial charge on any atom is -0.379 e. The molecule has 0 saturated carbocycles. The van der Waals surface area contributed by atoms with Crippen molar-refractivity contribution < 1.29 is 33.4 Å². The van der Waals surface area contributed by atoms with E-state index in [0.717, 1.165) is 11.3 Å². The highest BCUT2D eigenvalue weighted by atomic mass is 16.6. The Morgan fingerprint density at radius 3 is 2.00 bits per heavy atom. The summed E-state index contributed by atoms with van der Waals surface area (Å²) >= 11 is 0. The van der Waals surface area contributed by atoms with E-state index in [4.69, 9.17) is 19.0 Å². The van der Waals surface area contributed by atoms with E-state index >= 15 is 0 Å². The summed E-state index contributed by atoms with van der Waals surface area (Å²) in [6, 6.07) is 7.38. The normalized spacial score (nSPS) is 11.2. The molecular weight excluding hydrogens is 508 g/mol. The summed E-state index contributed by atoms with van der Waals surface area (Å²) in [5.74, 6) is -0.580. The number of anilines is 1. The molecule has 0 heterocycles. The van der Waals surface area contributed by atoms with Crippen molar-refractivity contribution in [2.75, 3.05) is 78.7 Å². The summed E-state index contributed by atoms with van der Waals surface area (Å²) in [5, 5.41) is 12.4. The van der Waals surface area contributed by atoms with Crippen LogP contribution in [0.4, 0.5) is 5.69 Å². The van der Waals surface area contributed by atoms with Crippen LogP contribution in [0, 0.1) is 0 Å². The Bertz CT molecular complexity index is 869. The third-order valence-electron chi connectivity index (χ3n) is 5.09. The summed E-state index contributed by atoms with van der Waals surface area (Å²) in [6.07, 6.45) is 1.59. The summed E-state index contributed by atoms with van der Waals surface area (Å²) in [6.45, 7) is 5.73. The second-order valence-corrected chi connectivity index (χ2v) is 8.29. The molecule has 0 unspecified atom stereocenters. The van der Waals surface area contributed by atoms with Crippen molar-refractivity contribution in [2.24, 2.45) is 5.10 Å². The predicted octanol–water partition coefficient (Wildman–Crippen LogP) is 0.562. The minimum absolute atomic E-state index is 0.0206. The second-order valence-electron chi connectivity index (χ2n) is 8.29. The van der Waals surface area contributed by atoms with E-state index in [1.54, 1.807) is 20.2 Å². The molecule has 3 amide bonds. The Kier molecular flexibility index (Phi) is 19.9. The first kappa shape index (κ1) is 33.9. The SMILES string of the molecule is CN/N=C(\C)c1cccc(NC(=O)CCC(=O)NCCCOCCOCCOCCCNC(=O)CONC)c1. The first-order valence-corrected chi connectivity index (χ1v) is 13.1. The van der Waals surface area contributed by atoms with Gasteiger partial charge in [-0.05, 0) is 37.5 Å². The summed E-state index contributed by atoms with van der Waals surface area (Å²) in [7, 11) is 3.32. The van der Waals surface area contributed by atoms with Crippen molar-refractivity contribution >= 4 is 29.1 Å². The van der Waals surface area contributed by atoms with Gasteiger partial charge < -0.3 is 35.6 Å². The topological polar surface area (TPSA) is 161 Å². The van der Waals surface area contributed by atoms with Gasteiger partial charge in [0.05, 0.1) is 32.1 Å². The largest absolute Gasteiger partial charge is 0.379 e. The van der Waals surface area contributed by atoms with Crippen LogP contribution in [-0.4, -0.2) is 96.9 Å². The molecule has 0 saturated heterocycles. The number of amides is 3. The van der Waals surface area contributed by atoms with Gasteiger partial charge in [0.25, 0.3) is 0 Å². The molecule has 0 aliphatic carbocycles. The Balaban J connectivity index is 1.93. The van der Waals surface area contributed by atoms with E-state index in [0.29, 0.717) is 71.3 Å². The molecule has 1 rings (SSSR count). The first-order chi connectivity index (χ1) is 19.0. The molecule has 220 valence electrons. The molecule has 0 spiro atoms. The van der Waals surface area contributed by atoms with Crippen LogP contribution in [0.15, 0.2) is 29.4 Å². The average Bonchev–Trinajstić information content (AvgIpc) is 2.93. The van der Waals surface area contributed by atoms with Crippen LogP contribution in [0.2, 0.25) is 0 Å². The van der Waals surface area contributed by atoms with Crippen molar-refractivity contribution in [1.82, 2.24) is 21.5 Å².